The van der Waals surface area contributed by atoms with Crippen LogP contribution in [0.3, 0.4) is 0 Å². The maximum Gasteiger partial charge on any atom is 0.267 e. The Morgan fingerprint density at radius 2 is 2.21 bits per heavy atom. The number of aliphatic imine (C=N–C) groups is 1. The fourth-order valence-corrected chi connectivity index (χ4v) is 2.87. The van der Waals surface area contributed by atoms with Gasteiger partial charge < -0.3 is 10.6 Å². The van der Waals surface area contributed by atoms with Crippen molar-refractivity contribution in [2.45, 2.75) is 25.3 Å². The summed E-state index contributed by atoms with van der Waals surface area (Å²) < 4.78 is 0. The van der Waals surface area contributed by atoms with Crippen LogP contribution in [0.1, 0.15) is 30.0 Å². The Morgan fingerprint density at radius 3 is 2.95 bits per heavy atom. The highest BCUT2D eigenvalue weighted by Crippen LogP contribution is 2.34. The zero-order chi connectivity index (χ0) is 13.2. The molecule has 0 saturated carbocycles. The second-order valence-corrected chi connectivity index (χ2v) is 5.00. The summed E-state index contributed by atoms with van der Waals surface area (Å²) in [5, 5.41) is 0. The fraction of sp³-hybridized carbons (Fsp3) is 0.333. The molecule has 0 radical (unpaired) electrons. The molecule has 0 bridgehead atoms. The molecule has 2 N–H and O–H groups in total. The van der Waals surface area contributed by atoms with Gasteiger partial charge in [-0.1, -0.05) is 24.3 Å². The largest absolute Gasteiger partial charge is 0.364 e. The van der Waals surface area contributed by atoms with Gasteiger partial charge in [-0.3, -0.25) is 4.79 Å². The van der Waals surface area contributed by atoms with E-state index in [1.54, 1.807) is 12.4 Å². The van der Waals surface area contributed by atoms with Crippen LogP contribution in [0.2, 0.25) is 0 Å². The lowest BCUT2D eigenvalue weighted by Gasteiger charge is -2.35. The van der Waals surface area contributed by atoms with Crippen LogP contribution in [0.25, 0.3) is 0 Å². The number of primary amides is 1. The summed E-state index contributed by atoms with van der Waals surface area (Å²) in [6.07, 6.45) is 7.04. The highest BCUT2D eigenvalue weighted by molar-refractivity contribution is 5.93. The molecule has 0 aromatic heterocycles. The van der Waals surface area contributed by atoms with E-state index < -0.39 is 5.91 Å². The Hall–Kier alpha value is -2.10. The van der Waals surface area contributed by atoms with Gasteiger partial charge in [-0.15, -0.1) is 0 Å². The highest BCUT2D eigenvalue weighted by Gasteiger charge is 2.25. The van der Waals surface area contributed by atoms with E-state index in [2.05, 4.69) is 34.2 Å². The maximum absolute atomic E-state index is 11.1. The zero-order valence-electron chi connectivity index (χ0n) is 10.7. The van der Waals surface area contributed by atoms with Gasteiger partial charge >= 0.3 is 0 Å². The molecule has 0 fully saturated rings. The zero-order valence-corrected chi connectivity index (χ0v) is 10.7. The number of benzene rings is 1. The Balaban J connectivity index is 1.83. The number of amides is 1. The van der Waals surface area contributed by atoms with Gasteiger partial charge in [0.15, 0.2) is 0 Å². The van der Waals surface area contributed by atoms with Crippen molar-refractivity contribution < 1.29 is 4.79 Å². The molecule has 4 nitrogen and oxygen atoms in total. The lowest BCUT2D eigenvalue weighted by atomic mass is 9.87. The monoisotopic (exact) mass is 255 g/mol. The van der Waals surface area contributed by atoms with Crippen molar-refractivity contribution >= 4 is 12.2 Å². The standard InChI is InChI=1S/C15H17N3O/c16-15(19)13-8-9-18(10-17-13)14-7-3-5-11-4-1-2-6-12(11)14/h1-2,4,6,8,10,14H,3,5,7,9H2,(H2,16,19). The van der Waals surface area contributed by atoms with Crippen molar-refractivity contribution in [2.24, 2.45) is 10.7 Å². The summed E-state index contributed by atoms with van der Waals surface area (Å²) in [6, 6.07) is 8.94. The van der Waals surface area contributed by atoms with Crippen molar-refractivity contribution in [1.82, 2.24) is 4.90 Å². The summed E-state index contributed by atoms with van der Waals surface area (Å²) in [5.41, 5.74) is 8.40. The third-order valence-corrected chi connectivity index (χ3v) is 3.83. The van der Waals surface area contributed by atoms with Crippen LogP contribution in [0.5, 0.6) is 0 Å². The van der Waals surface area contributed by atoms with Crippen LogP contribution in [-0.2, 0) is 11.2 Å². The minimum Gasteiger partial charge on any atom is -0.364 e. The first-order valence-corrected chi connectivity index (χ1v) is 6.63. The maximum atomic E-state index is 11.1. The lowest BCUT2D eigenvalue weighted by molar-refractivity contribution is -0.114. The number of nitrogens with zero attached hydrogens (tertiary/aromatic N) is 2. The molecule has 98 valence electrons. The number of rotatable bonds is 2. The molecule has 19 heavy (non-hydrogen) atoms. The molecule has 0 saturated heterocycles. The molecular formula is C15H17N3O. The van der Waals surface area contributed by atoms with Crippen LogP contribution < -0.4 is 5.73 Å². The van der Waals surface area contributed by atoms with Gasteiger partial charge in [0, 0.05) is 6.54 Å². The summed E-state index contributed by atoms with van der Waals surface area (Å²) in [5.74, 6) is -0.458. The second kappa shape index (κ2) is 4.88. The van der Waals surface area contributed by atoms with E-state index in [1.807, 2.05) is 0 Å². The molecule has 1 aromatic rings. The predicted octanol–water partition coefficient (Wildman–Crippen LogP) is 1.78. The first-order chi connectivity index (χ1) is 9.25. The molecule has 1 aliphatic heterocycles. The van der Waals surface area contributed by atoms with Crippen molar-refractivity contribution in [3.8, 4) is 0 Å². The van der Waals surface area contributed by atoms with Crippen LogP contribution >= 0.6 is 0 Å². The third kappa shape index (κ3) is 2.26. The van der Waals surface area contributed by atoms with Gasteiger partial charge in [-0.2, -0.15) is 0 Å². The van der Waals surface area contributed by atoms with E-state index in [-0.39, 0.29) is 0 Å². The highest BCUT2D eigenvalue weighted by atomic mass is 16.1. The first-order valence-electron chi connectivity index (χ1n) is 6.63. The number of aryl methyl sites for hydroxylation is 1. The molecule has 2 aliphatic rings. The van der Waals surface area contributed by atoms with Crippen molar-refractivity contribution in [3.63, 3.8) is 0 Å². The fourth-order valence-electron chi connectivity index (χ4n) is 2.87. The number of nitrogens with two attached hydrogens (primary N) is 1. The molecule has 1 aliphatic carbocycles. The van der Waals surface area contributed by atoms with Crippen molar-refractivity contribution in [1.29, 1.82) is 0 Å². The molecular weight excluding hydrogens is 238 g/mol. The van der Waals surface area contributed by atoms with Crippen LogP contribution in [0, 0.1) is 0 Å². The Bertz CT molecular complexity index is 562. The van der Waals surface area contributed by atoms with Crippen LogP contribution in [0.15, 0.2) is 41.0 Å². The van der Waals surface area contributed by atoms with Crippen molar-refractivity contribution in [3.05, 3.63) is 47.2 Å². The van der Waals surface area contributed by atoms with Gasteiger partial charge in [0.05, 0.1) is 12.4 Å². The van der Waals surface area contributed by atoms with E-state index in [1.165, 1.54) is 17.5 Å². The van der Waals surface area contributed by atoms with Gasteiger partial charge in [0.25, 0.3) is 5.91 Å². The van der Waals surface area contributed by atoms with E-state index in [9.17, 15) is 4.79 Å². The van der Waals surface area contributed by atoms with Gasteiger partial charge in [-0.25, -0.2) is 4.99 Å². The number of hydrogen-bond acceptors (Lipinski definition) is 3. The number of fused-ring (bicyclic) bond motifs is 1. The quantitative estimate of drug-likeness (QED) is 0.875. The molecule has 0 spiro atoms. The second-order valence-electron chi connectivity index (χ2n) is 5.00. The van der Waals surface area contributed by atoms with E-state index in [0.29, 0.717) is 18.3 Å². The SMILES string of the molecule is NC(=O)C1=CCN(C2CCCc3ccccc32)C=N1. The topological polar surface area (TPSA) is 58.7 Å². The Labute approximate surface area is 112 Å². The van der Waals surface area contributed by atoms with Gasteiger partial charge in [-0.05, 0) is 36.5 Å². The average Bonchev–Trinajstić information content (AvgIpc) is 2.47. The average molecular weight is 255 g/mol. The Morgan fingerprint density at radius 1 is 1.37 bits per heavy atom. The summed E-state index contributed by atoms with van der Waals surface area (Å²) >= 11 is 0. The lowest BCUT2D eigenvalue weighted by Crippen LogP contribution is -2.33. The molecule has 1 amide bonds. The van der Waals surface area contributed by atoms with E-state index in [4.69, 9.17) is 5.73 Å². The molecule has 1 heterocycles. The molecule has 1 unspecified atom stereocenters. The number of carbonyl (C=O) groups is 1. The molecule has 1 aromatic carbocycles. The Kier molecular flexibility index (Phi) is 3.07. The first kappa shape index (κ1) is 12.0. The predicted molar refractivity (Wildman–Crippen MR) is 74.6 cm³/mol. The summed E-state index contributed by atoms with van der Waals surface area (Å²) in [4.78, 5) is 17.4. The summed E-state index contributed by atoms with van der Waals surface area (Å²) in [6.45, 7) is 0.695. The minimum atomic E-state index is -0.458. The van der Waals surface area contributed by atoms with Crippen LogP contribution in [-0.4, -0.2) is 23.7 Å². The molecule has 4 heteroatoms. The van der Waals surface area contributed by atoms with E-state index in [0.717, 1.165) is 12.8 Å². The summed E-state index contributed by atoms with van der Waals surface area (Å²) in [7, 11) is 0. The smallest absolute Gasteiger partial charge is 0.267 e. The molecule has 1 atom stereocenters. The third-order valence-electron chi connectivity index (χ3n) is 3.83. The number of carbonyl (C=O) groups excluding carboxylic acids is 1. The van der Waals surface area contributed by atoms with E-state index >= 15 is 0 Å². The van der Waals surface area contributed by atoms with Gasteiger partial charge in [0.2, 0.25) is 0 Å². The number of hydrogen-bond donors (Lipinski definition) is 1. The minimum absolute atomic E-state index is 0.361. The van der Waals surface area contributed by atoms with Gasteiger partial charge in [0.1, 0.15) is 5.70 Å². The normalized spacial score (nSPS) is 21.8. The van der Waals surface area contributed by atoms with Crippen molar-refractivity contribution in [2.75, 3.05) is 6.54 Å². The molecule has 3 rings (SSSR count). The van der Waals surface area contributed by atoms with Crippen LogP contribution in [0.4, 0.5) is 0 Å².